The molecule has 1 saturated heterocycles. The van der Waals surface area contributed by atoms with E-state index in [1.165, 1.54) is 27.7 Å². The number of esters is 4. The third-order valence-corrected chi connectivity index (χ3v) is 6.74. The van der Waals surface area contributed by atoms with Gasteiger partial charge in [-0.25, -0.2) is 0 Å². The van der Waals surface area contributed by atoms with Gasteiger partial charge in [0.1, 0.15) is 0 Å². The molecule has 0 aliphatic carbocycles. The van der Waals surface area contributed by atoms with Crippen LogP contribution in [0.3, 0.4) is 0 Å². The Balaban J connectivity index is 2.35. The van der Waals surface area contributed by atoms with Crippen LogP contribution in [0.5, 0.6) is 0 Å². The molecular formula is C21H26O9Se. The van der Waals surface area contributed by atoms with Crippen LogP contribution in [0, 0.1) is 0 Å². The minimum atomic E-state index is -1.12. The second-order valence-electron chi connectivity index (χ2n) is 6.86. The number of hydrogen-bond donors (Lipinski definition) is 0. The molecular weight excluding hydrogens is 475 g/mol. The van der Waals surface area contributed by atoms with Crippen LogP contribution in [0.25, 0.3) is 0 Å². The second kappa shape index (κ2) is 11.8. The molecule has 0 spiro atoms. The van der Waals surface area contributed by atoms with Crippen molar-refractivity contribution in [2.45, 2.75) is 62.4 Å². The van der Waals surface area contributed by atoms with E-state index in [9.17, 15) is 19.2 Å². The SMILES string of the molecule is CC(=O)OC[C@H]1O[C@@H]([Se]Cc2ccccc2)[C@H](OC(C)=O)[C@@H](OC(C)=O)[C@@H]1OC(C)=O. The van der Waals surface area contributed by atoms with Crippen molar-refractivity contribution in [3.05, 3.63) is 35.9 Å². The first-order valence-electron chi connectivity index (χ1n) is 9.63. The summed E-state index contributed by atoms with van der Waals surface area (Å²) in [5, 5.41) is 0.0232. The maximum atomic E-state index is 11.8. The van der Waals surface area contributed by atoms with Gasteiger partial charge in [-0.15, -0.1) is 0 Å². The van der Waals surface area contributed by atoms with Gasteiger partial charge in [-0.3, -0.25) is 0 Å². The van der Waals surface area contributed by atoms with E-state index in [0.717, 1.165) is 5.56 Å². The molecule has 0 aromatic heterocycles. The van der Waals surface area contributed by atoms with E-state index in [-0.39, 0.29) is 21.6 Å². The number of carbonyl (C=O) groups is 4. The van der Waals surface area contributed by atoms with Gasteiger partial charge < -0.3 is 0 Å². The molecule has 2 rings (SSSR count). The summed E-state index contributed by atoms with van der Waals surface area (Å²) >= 11 is -0.254. The number of hydrogen-bond acceptors (Lipinski definition) is 9. The molecule has 1 aliphatic heterocycles. The Labute approximate surface area is 186 Å². The van der Waals surface area contributed by atoms with Crippen LogP contribution in [0.2, 0.25) is 0 Å². The van der Waals surface area contributed by atoms with E-state index in [1.54, 1.807) is 0 Å². The molecule has 0 amide bonds. The molecule has 31 heavy (non-hydrogen) atoms. The van der Waals surface area contributed by atoms with Crippen LogP contribution in [-0.4, -0.2) is 74.9 Å². The van der Waals surface area contributed by atoms with Crippen molar-refractivity contribution in [2.24, 2.45) is 0 Å². The Morgan fingerprint density at radius 1 is 0.806 bits per heavy atom. The Morgan fingerprint density at radius 2 is 1.35 bits per heavy atom. The van der Waals surface area contributed by atoms with Gasteiger partial charge in [0.15, 0.2) is 0 Å². The second-order valence-corrected chi connectivity index (χ2v) is 9.14. The molecule has 170 valence electrons. The van der Waals surface area contributed by atoms with Crippen molar-refractivity contribution >= 4 is 38.8 Å². The van der Waals surface area contributed by atoms with E-state index >= 15 is 0 Å². The normalized spacial score (nSPS) is 25.2. The van der Waals surface area contributed by atoms with Crippen molar-refractivity contribution in [1.82, 2.24) is 0 Å². The Hall–Kier alpha value is -2.42. The maximum absolute atomic E-state index is 11.8. The van der Waals surface area contributed by atoms with Gasteiger partial charge in [0, 0.05) is 0 Å². The Kier molecular flexibility index (Phi) is 9.48. The molecule has 1 aliphatic rings. The van der Waals surface area contributed by atoms with Gasteiger partial charge in [-0.2, -0.15) is 0 Å². The molecule has 1 aromatic rings. The van der Waals surface area contributed by atoms with Gasteiger partial charge in [-0.1, -0.05) is 0 Å². The number of rotatable bonds is 8. The fourth-order valence-electron chi connectivity index (χ4n) is 3.08. The molecule has 1 heterocycles. The molecule has 0 unspecified atom stereocenters. The van der Waals surface area contributed by atoms with E-state index in [1.807, 2.05) is 30.3 Å². The van der Waals surface area contributed by atoms with Crippen LogP contribution in [0.1, 0.15) is 33.3 Å². The van der Waals surface area contributed by atoms with Gasteiger partial charge in [0.05, 0.1) is 0 Å². The van der Waals surface area contributed by atoms with Crippen molar-refractivity contribution < 1.29 is 42.9 Å². The van der Waals surface area contributed by atoms with Gasteiger partial charge in [-0.05, 0) is 0 Å². The first-order valence-corrected chi connectivity index (χ1v) is 11.8. The van der Waals surface area contributed by atoms with Crippen LogP contribution < -0.4 is 0 Å². The summed E-state index contributed by atoms with van der Waals surface area (Å²) < 4.78 is 27.4. The first kappa shape index (κ1) is 24.8. The molecule has 9 nitrogen and oxygen atoms in total. The average Bonchev–Trinajstić information content (AvgIpc) is 2.68. The number of ether oxygens (including phenoxy) is 5. The molecule has 0 bridgehead atoms. The van der Waals surface area contributed by atoms with Crippen molar-refractivity contribution in [1.29, 1.82) is 0 Å². The summed E-state index contributed by atoms with van der Waals surface area (Å²) in [6.45, 7) is 4.66. The summed E-state index contributed by atoms with van der Waals surface area (Å²) in [5.41, 5.74) is 1.07. The standard InChI is InChI=1S/C21H26O9Se/c1-12(22)26-10-17-18(27-13(2)23)19(28-14(3)24)20(29-15(4)25)21(30-17)31-11-16-8-6-5-7-9-16/h5-9,17-21H,10-11H2,1-4H3/t17-,18-,19+,20-,21+/m1/s1. The summed E-state index contributed by atoms with van der Waals surface area (Å²) in [7, 11) is 0. The van der Waals surface area contributed by atoms with E-state index in [0.29, 0.717) is 5.32 Å². The van der Waals surface area contributed by atoms with Crippen LogP contribution in [0.4, 0.5) is 0 Å². The summed E-state index contributed by atoms with van der Waals surface area (Å²) in [4.78, 5) is 46.7. The van der Waals surface area contributed by atoms with Crippen molar-refractivity contribution in [3.8, 4) is 0 Å². The molecule has 0 radical (unpaired) electrons. The zero-order valence-corrected chi connectivity index (χ0v) is 19.5. The average molecular weight is 501 g/mol. The summed E-state index contributed by atoms with van der Waals surface area (Å²) in [6.07, 6.45) is -4.11. The zero-order valence-electron chi connectivity index (χ0n) is 17.8. The first-order chi connectivity index (χ1) is 14.7. The van der Waals surface area contributed by atoms with Crippen molar-refractivity contribution in [2.75, 3.05) is 6.61 Å². The van der Waals surface area contributed by atoms with Gasteiger partial charge in [0.2, 0.25) is 0 Å². The topological polar surface area (TPSA) is 114 Å². The quantitative estimate of drug-likeness (QED) is 0.292. The number of carbonyl (C=O) groups excluding carboxylic acids is 4. The monoisotopic (exact) mass is 502 g/mol. The molecule has 1 fully saturated rings. The predicted molar refractivity (Wildman–Crippen MR) is 108 cm³/mol. The molecule has 0 saturated carbocycles. The third kappa shape index (κ3) is 7.97. The molecule has 1 aromatic carbocycles. The summed E-state index contributed by atoms with van der Waals surface area (Å²) in [6, 6.07) is 9.67. The van der Waals surface area contributed by atoms with Crippen molar-refractivity contribution in [3.63, 3.8) is 0 Å². The number of benzene rings is 1. The third-order valence-electron chi connectivity index (χ3n) is 4.21. The Bertz CT molecular complexity index is 782. The minimum absolute atomic E-state index is 0.213. The predicted octanol–water partition coefficient (Wildman–Crippen LogP) is 0.974. The molecule has 5 atom stereocenters. The summed E-state index contributed by atoms with van der Waals surface area (Å²) in [5.74, 6) is -2.41. The fraction of sp³-hybridized carbons (Fsp3) is 0.524. The van der Waals surface area contributed by atoms with Gasteiger partial charge in [0.25, 0.3) is 0 Å². The van der Waals surface area contributed by atoms with E-state index in [4.69, 9.17) is 23.7 Å². The Morgan fingerprint density at radius 3 is 1.90 bits per heavy atom. The van der Waals surface area contributed by atoms with Crippen LogP contribution >= 0.6 is 0 Å². The fourth-order valence-corrected chi connectivity index (χ4v) is 5.53. The molecule has 10 heteroatoms. The van der Waals surface area contributed by atoms with Crippen LogP contribution in [0.15, 0.2) is 30.3 Å². The van der Waals surface area contributed by atoms with Gasteiger partial charge >= 0.3 is 187 Å². The van der Waals surface area contributed by atoms with Crippen LogP contribution in [-0.2, 0) is 48.2 Å². The van der Waals surface area contributed by atoms with E-state index < -0.39 is 53.3 Å². The zero-order chi connectivity index (χ0) is 23.0. The van der Waals surface area contributed by atoms with E-state index in [2.05, 4.69) is 0 Å². The molecule has 0 N–H and O–H groups in total.